The van der Waals surface area contributed by atoms with Gasteiger partial charge in [-0.05, 0) is 45.7 Å². The molecule has 9 heteroatoms. The van der Waals surface area contributed by atoms with E-state index in [1.807, 2.05) is 0 Å². The molecule has 1 fully saturated rings. The number of aromatic nitrogens is 2. The predicted molar refractivity (Wildman–Crippen MR) is 111 cm³/mol. The highest BCUT2D eigenvalue weighted by Gasteiger charge is 2.29. The van der Waals surface area contributed by atoms with E-state index < -0.39 is 17.5 Å². The molecule has 0 radical (unpaired) electrons. The number of primary amides is 1. The van der Waals surface area contributed by atoms with Crippen molar-refractivity contribution in [3.05, 3.63) is 47.3 Å². The minimum Gasteiger partial charge on any atom is -0.456 e. The predicted octanol–water partition coefficient (Wildman–Crippen LogP) is 2.88. The van der Waals surface area contributed by atoms with E-state index in [-0.39, 0.29) is 11.9 Å². The van der Waals surface area contributed by atoms with Crippen molar-refractivity contribution >= 4 is 23.6 Å². The van der Waals surface area contributed by atoms with E-state index in [4.69, 9.17) is 10.5 Å². The summed E-state index contributed by atoms with van der Waals surface area (Å²) in [6, 6.07) is 6.42. The van der Waals surface area contributed by atoms with Gasteiger partial charge in [-0.2, -0.15) is 5.10 Å². The fourth-order valence-corrected chi connectivity index (χ4v) is 3.50. The molecule has 9 nitrogen and oxygen atoms in total. The summed E-state index contributed by atoms with van der Waals surface area (Å²) in [6.45, 7) is 6.33. The molecule has 0 spiro atoms. The molecule has 0 bridgehead atoms. The fraction of sp³-hybridized carbons (Fsp3) is 0.429. The summed E-state index contributed by atoms with van der Waals surface area (Å²) >= 11 is 0. The molecule has 1 atom stereocenters. The van der Waals surface area contributed by atoms with Crippen LogP contribution in [-0.4, -0.2) is 51.7 Å². The number of likely N-dealkylation sites (tertiary alicyclic amines) is 1. The Balaban J connectivity index is 1.73. The molecule has 3 amide bonds. The van der Waals surface area contributed by atoms with E-state index in [2.05, 4.69) is 15.5 Å². The van der Waals surface area contributed by atoms with Crippen LogP contribution < -0.4 is 11.1 Å². The van der Waals surface area contributed by atoms with E-state index in [0.29, 0.717) is 35.6 Å². The van der Waals surface area contributed by atoms with Gasteiger partial charge in [-0.1, -0.05) is 12.1 Å². The number of amides is 3. The van der Waals surface area contributed by atoms with Crippen molar-refractivity contribution in [1.82, 2.24) is 15.1 Å². The molecule has 4 N–H and O–H groups in total. The van der Waals surface area contributed by atoms with Gasteiger partial charge in [0.25, 0.3) is 5.91 Å². The Kier molecular flexibility index (Phi) is 6.09. The molecule has 0 saturated carbocycles. The number of hydrogen-bond donors (Lipinski definition) is 3. The fourth-order valence-electron chi connectivity index (χ4n) is 3.50. The van der Waals surface area contributed by atoms with Crippen LogP contribution in [0.4, 0.5) is 10.5 Å². The Morgan fingerprint density at radius 1 is 1.23 bits per heavy atom. The maximum atomic E-state index is 12.9. The normalized spacial score (nSPS) is 16.8. The lowest BCUT2D eigenvalue weighted by Gasteiger charge is -2.32. The summed E-state index contributed by atoms with van der Waals surface area (Å²) in [6.07, 6.45) is 2.98. The van der Waals surface area contributed by atoms with Crippen LogP contribution in [0.2, 0.25) is 0 Å². The Labute approximate surface area is 175 Å². The number of ether oxygens (including phenoxy) is 1. The first-order valence-corrected chi connectivity index (χ1v) is 9.87. The van der Waals surface area contributed by atoms with Gasteiger partial charge in [-0.25, -0.2) is 9.59 Å². The van der Waals surface area contributed by atoms with Gasteiger partial charge in [-0.15, -0.1) is 0 Å². The van der Waals surface area contributed by atoms with Crippen molar-refractivity contribution in [1.29, 1.82) is 0 Å². The van der Waals surface area contributed by atoms with Gasteiger partial charge >= 0.3 is 12.0 Å². The Bertz CT molecular complexity index is 947. The van der Waals surface area contributed by atoms with Crippen LogP contribution in [-0.2, 0) is 4.74 Å². The molecule has 0 unspecified atom stereocenters. The summed E-state index contributed by atoms with van der Waals surface area (Å²) in [5.41, 5.74) is 6.44. The number of nitrogens with one attached hydrogen (secondary N) is 2. The van der Waals surface area contributed by atoms with Gasteiger partial charge in [0.05, 0.1) is 28.7 Å². The van der Waals surface area contributed by atoms with Gasteiger partial charge in [0.1, 0.15) is 5.60 Å². The summed E-state index contributed by atoms with van der Waals surface area (Å²) in [5.74, 6) is -1.12. The van der Waals surface area contributed by atoms with Crippen molar-refractivity contribution in [3.8, 4) is 0 Å². The van der Waals surface area contributed by atoms with Crippen LogP contribution >= 0.6 is 0 Å². The number of para-hydroxylation sites is 1. The lowest BCUT2D eigenvalue weighted by Crippen LogP contribution is -2.42. The molecule has 1 aliphatic heterocycles. The van der Waals surface area contributed by atoms with Crippen molar-refractivity contribution in [2.75, 3.05) is 18.4 Å². The molecule has 3 rings (SSSR count). The first kappa shape index (κ1) is 21.4. The number of aromatic amines is 1. The molecule has 1 aromatic heterocycles. The van der Waals surface area contributed by atoms with E-state index in [9.17, 15) is 14.4 Å². The number of esters is 1. The van der Waals surface area contributed by atoms with E-state index in [0.717, 1.165) is 12.8 Å². The summed E-state index contributed by atoms with van der Waals surface area (Å²) < 4.78 is 5.43. The molecular formula is C21H27N5O4. The largest absolute Gasteiger partial charge is 0.456 e. The third-order valence-corrected chi connectivity index (χ3v) is 4.84. The molecule has 2 heterocycles. The smallest absolute Gasteiger partial charge is 0.340 e. The number of hydrogen-bond acceptors (Lipinski definition) is 5. The number of nitrogens with two attached hydrogens (primary N) is 1. The van der Waals surface area contributed by atoms with Gasteiger partial charge in [0, 0.05) is 19.0 Å². The third kappa shape index (κ3) is 4.97. The van der Waals surface area contributed by atoms with Crippen molar-refractivity contribution in [2.24, 2.45) is 5.73 Å². The molecule has 0 aliphatic carbocycles. The van der Waals surface area contributed by atoms with Crippen LogP contribution in [0.3, 0.4) is 0 Å². The Hall–Kier alpha value is -3.36. The van der Waals surface area contributed by atoms with E-state index >= 15 is 0 Å². The van der Waals surface area contributed by atoms with Gasteiger partial charge in [-0.3, -0.25) is 9.89 Å². The molecular weight excluding hydrogens is 386 g/mol. The van der Waals surface area contributed by atoms with Crippen LogP contribution in [0, 0.1) is 0 Å². The average molecular weight is 413 g/mol. The second-order valence-corrected chi connectivity index (χ2v) is 8.32. The topological polar surface area (TPSA) is 130 Å². The van der Waals surface area contributed by atoms with Crippen LogP contribution in [0.25, 0.3) is 0 Å². The summed E-state index contributed by atoms with van der Waals surface area (Å²) in [4.78, 5) is 38.7. The summed E-state index contributed by atoms with van der Waals surface area (Å²) in [7, 11) is 0. The molecule has 1 saturated heterocycles. The van der Waals surface area contributed by atoms with Gasteiger partial charge < -0.3 is 20.7 Å². The number of H-pyrrole nitrogens is 1. The SMILES string of the molecule is CC(C)(C)OC(=O)c1ccccc1NC(=O)N1CCC[C@H](c2[nH]ncc2C(N)=O)C1. The van der Waals surface area contributed by atoms with Crippen LogP contribution in [0.1, 0.15) is 65.9 Å². The van der Waals surface area contributed by atoms with E-state index in [1.165, 1.54) is 6.20 Å². The lowest BCUT2D eigenvalue weighted by molar-refractivity contribution is 0.00706. The third-order valence-electron chi connectivity index (χ3n) is 4.84. The number of anilines is 1. The lowest BCUT2D eigenvalue weighted by atomic mass is 9.92. The molecule has 2 aromatic rings. The molecule has 30 heavy (non-hydrogen) atoms. The maximum absolute atomic E-state index is 12.9. The van der Waals surface area contributed by atoms with Crippen molar-refractivity contribution in [3.63, 3.8) is 0 Å². The maximum Gasteiger partial charge on any atom is 0.340 e. The highest BCUT2D eigenvalue weighted by atomic mass is 16.6. The van der Waals surface area contributed by atoms with Crippen LogP contribution in [0.5, 0.6) is 0 Å². The number of rotatable bonds is 4. The van der Waals surface area contributed by atoms with E-state index in [1.54, 1.807) is 49.9 Å². The monoisotopic (exact) mass is 413 g/mol. The first-order valence-electron chi connectivity index (χ1n) is 9.87. The second kappa shape index (κ2) is 8.56. The highest BCUT2D eigenvalue weighted by Crippen LogP contribution is 2.28. The van der Waals surface area contributed by atoms with Gasteiger partial charge in [0.15, 0.2) is 0 Å². The minimum atomic E-state index is -0.642. The van der Waals surface area contributed by atoms with Gasteiger partial charge in [0.2, 0.25) is 0 Å². The Morgan fingerprint density at radius 3 is 2.67 bits per heavy atom. The molecule has 1 aromatic carbocycles. The quantitative estimate of drug-likeness (QED) is 0.664. The van der Waals surface area contributed by atoms with Crippen molar-refractivity contribution in [2.45, 2.75) is 45.1 Å². The van der Waals surface area contributed by atoms with Crippen LogP contribution in [0.15, 0.2) is 30.5 Å². The first-order chi connectivity index (χ1) is 14.2. The Morgan fingerprint density at radius 2 is 1.97 bits per heavy atom. The number of piperidine rings is 1. The zero-order valence-electron chi connectivity index (χ0n) is 17.4. The molecule has 1 aliphatic rings. The molecule has 160 valence electrons. The second-order valence-electron chi connectivity index (χ2n) is 8.32. The minimum absolute atomic E-state index is 0.0735. The number of urea groups is 1. The average Bonchev–Trinajstić information content (AvgIpc) is 3.17. The van der Waals surface area contributed by atoms with Crippen molar-refractivity contribution < 1.29 is 19.1 Å². The number of nitrogens with zero attached hydrogens (tertiary/aromatic N) is 2. The number of carbonyl (C=O) groups excluding carboxylic acids is 3. The summed E-state index contributed by atoms with van der Waals surface area (Å²) in [5, 5.41) is 9.58. The zero-order valence-corrected chi connectivity index (χ0v) is 17.4. The number of carbonyl (C=O) groups is 3. The highest BCUT2D eigenvalue weighted by molar-refractivity contribution is 6.01. The number of benzene rings is 1. The standard InChI is InChI=1S/C21H27N5O4/c1-21(2,3)30-19(28)14-8-4-5-9-16(14)24-20(29)26-10-6-7-13(12-26)17-15(18(22)27)11-23-25-17/h4-5,8-9,11,13H,6-7,10,12H2,1-3H3,(H2,22,27)(H,23,25)(H,24,29)/t13-/m0/s1. The zero-order chi connectivity index (χ0) is 21.9.